The molecule has 0 amide bonds. The number of hydrogen-bond donors (Lipinski definition) is 1. The average molecular weight is 296 g/mol. The van der Waals surface area contributed by atoms with Gasteiger partial charge in [-0.05, 0) is 50.3 Å². The molecule has 0 aromatic carbocycles. The van der Waals surface area contributed by atoms with Crippen LogP contribution in [-0.4, -0.2) is 24.1 Å². The van der Waals surface area contributed by atoms with E-state index in [1.54, 1.807) is 6.20 Å². The molecule has 1 aliphatic heterocycles. The van der Waals surface area contributed by atoms with E-state index >= 15 is 0 Å². The molecule has 1 saturated heterocycles. The van der Waals surface area contributed by atoms with Gasteiger partial charge >= 0.3 is 0 Å². The zero-order valence-corrected chi connectivity index (χ0v) is 13.6. The van der Waals surface area contributed by atoms with E-state index in [4.69, 9.17) is 11.6 Å². The molecule has 112 valence electrons. The van der Waals surface area contributed by atoms with Crippen molar-refractivity contribution in [1.82, 2.24) is 10.3 Å². The molecule has 0 aliphatic carbocycles. The minimum Gasteiger partial charge on any atom is -0.354 e. The van der Waals surface area contributed by atoms with Crippen LogP contribution in [0.15, 0.2) is 12.3 Å². The number of rotatable bonds is 5. The standard InChI is InChI=1S/C16H26ClN3/c1-4-7-18-10-14-9-16(19-11-15(14)17)20-8-5-6-12(2)13(20)3/h9,11-13,18H,4-8,10H2,1-3H3. The van der Waals surface area contributed by atoms with Gasteiger partial charge in [-0.3, -0.25) is 0 Å². The first kappa shape index (κ1) is 15.6. The number of halogens is 1. The predicted octanol–water partition coefficient (Wildman–Crippen LogP) is 3.86. The van der Waals surface area contributed by atoms with E-state index in [0.29, 0.717) is 6.04 Å². The minimum atomic E-state index is 0.550. The summed E-state index contributed by atoms with van der Waals surface area (Å²) in [4.78, 5) is 6.97. The molecule has 2 rings (SSSR count). The maximum absolute atomic E-state index is 6.26. The molecule has 1 aromatic heterocycles. The van der Waals surface area contributed by atoms with Crippen molar-refractivity contribution in [3.8, 4) is 0 Å². The second-order valence-electron chi connectivity index (χ2n) is 5.86. The highest BCUT2D eigenvalue weighted by Crippen LogP contribution is 2.29. The molecule has 0 spiro atoms. The second kappa shape index (κ2) is 7.28. The van der Waals surface area contributed by atoms with Gasteiger partial charge in [0.15, 0.2) is 0 Å². The molecule has 1 fully saturated rings. The lowest BCUT2D eigenvalue weighted by Gasteiger charge is -2.39. The summed E-state index contributed by atoms with van der Waals surface area (Å²) in [7, 11) is 0. The van der Waals surface area contributed by atoms with Crippen LogP contribution in [0.2, 0.25) is 5.02 Å². The summed E-state index contributed by atoms with van der Waals surface area (Å²) >= 11 is 6.26. The third-order valence-electron chi connectivity index (χ3n) is 4.33. The van der Waals surface area contributed by atoms with E-state index in [1.807, 2.05) is 0 Å². The zero-order chi connectivity index (χ0) is 14.5. The van der Waals surface area contributed by atoms with Crippen LogP contribution in [0, 0.1) is 5.92 Å². The van der Waals surface area contributed by atoms with E-state index < -0.39 is 0 Å². The third-order valence-corrected chi connectivity index (χ3v) is 4.67. The molecule has 2 heterocycles. The van der Waals surface area contributed by atoms with Crippen LogP contribution in [0.3, 0.4) is 0 Å². The van der Waals surface area contributed by atoms with Gasteiger partial charge in [0, 0.05) is 25.3 Å². The lowest BCUT2D eigenvalue weighted by atomic mass is 9.92. The summed E-state index contributed by atoms with van der Waals surface area (Å²) in [5.41, 5.74) is 1.15. The Balaban J connectivity index is 2.13. The molecule has 1 aromatic rings. The number of aromatic nitrogens is 1. The van der Waals surface area contributed by atoms with Crippen LogP contribution in [0.5, 0.6) is 0 Å². The molecule has 0 bridgehead atoms. The number of hydrogen-bond acceptors (Lipinski definition) is 3. The zero-order valence-electron chi connectivity index (χ0n) is 12.8. The number of nitrogens with one attached hydrogen (secondary N) is 1. The SMILES string of the molecule is CCCNCc1cc(N2CCCC(C)C2C)ncc1Cl. The fraction of sp³-hybridized carbons (Fsp3) is 0.688. The van der Waals surface area contributed by atoms with Crippen LogP contribution in [0.4, 0.5) is 5.82 Å². The highest BCUT2D eigenvalue weighted by molar-refractivity contribution is 6.31. The van der Waals surface area contributed by atoms with Gasteiger partial charge in [-0.2, -0.15) is 0 Å². The summed E-state index contributed by atoms with van der Waals surface area (Å²) < 4.78 is 0. The Labute approximate surface area is 127 Å². The Morgan fingerprint density at radius 1 is 1.45 bits per heavy atom. The van der Waals surface area contributed by atoms with Crippen molar-refractivity contribution in [3.63, 3.8) is 0 Å². The van der Waals surface area contributed by atoms with Gasteiger partial charge < -0.3 is 10.2 Å². The highest BCUT2D eigenvalue weighted by atomic mass is 35.5. The normalized spacial score (nSPS) is 23.1. The van der Waals surface area contributed by atoms with Gasteiger partial charge in [0.25, 0.3) is 0 Å². The monoisotopic (exact) mass is 295 g/mol. The molecule has 4 heteroatoms. The lowest BCUT2D eigenvalue weighted by molar-refractivity contribution is 0.361. The molecule has 1 aliphatic rings. The molecular formula is C16H26ClN3. The Morgan fingerprint density at radius 3 is 3.00 bits per heavy atom. The lowest BCUT2D eigenvalue weighted by Crippen LogP contribution is -2.43. The topological polar surface area (TPSA) is 28.2 Å². The van der Waals surface area contributed by atoms with Gasteiger partial charge in [-0.1, -0.05) is 25.4 Å². The van der Waals surface area contributed by atoms with Crippen molar-refractivity contribution >= 4 is 17.4 Å². The van der Waals surface area contributed by atoms with Crippen LogP contribution >= 0.6 is 11.6 Å². The Kier molecular flexibility index (Phi) is 5.67. The quantitative estimate of drug-likeness (QED) is 0.836. The van der Waals surface area contributed by atoms with Crippen molar-refractivity contribution in [3.05, 3.63) is 22.8 Å². The number of anilines is 1. The molecule has 20 heavy (non-hydrogen) atoms. The largest absolute Gasteiger partial charge is 0.354 e. The fourth-order valence-corrected chi connectivity index (χ4v) is 2.99. The maximum Gasteiger partial charge on any atom is 0.129 e. The van der Waals surface area contributed by atoms with Crippen LogP contribution in [0.1, 0.15) is 45.6 Å². The number of pyridine rings is 1. The molecule has 0 saturated carbocycles. The van der Waals surface area contributed by atoms with Crippen LogP contribution in [-0.2, 0) is 6.54 Å². The first-order valence-corrected chi connectivity index (χ1v) is 8.13. The van der Waals surface area contributed by atoms with Gasteiger partial charge in [0.1, 0.15) is 5.82 Å². The van der Waals surface area contributed by atoms with E-state index in [-0.39, 0.29) is 0 Å². The minimum absolute atomic E-state index is 0.550. The highest BCUT2D eigenvalue weighted by Gasteiger charge is 2.25. The van der Waals surface area contributed by atoms with E-state index in [0.717, 1.165) is 48.4 Å². The van der Waals surface area contributed by atoms with Crippen molar-refractivity contribution < 1.29 is 0 Å². The van der Waals surface area contributed by atoms with Crippen molar-refractivity contribution in [2.75, 3.05) is 18.0 Å². The molecule has 2 unspecified atom stereocenters. The Hall–Kier alpha value is -0.800. The molecule has 2 atom stereocenters. The Morgan fingerprint density at radius 2 is 2.25 bits per heavy atom. The number of nitrogens with zero attached hydrogens (tertiary/aromatic N) is 2. The van der Waals surface area contributed by atoms with Gasteiger partial charge in [0.05, 0.1) is 5.02 Å². The summed E-state index contributed by atoms with van der Waals surface area (Å²) in [6.07, 6.45) is 5.50. The maximum atomic E-state index is 6.26. The Bertz CT molecular complexity index is 436. The van der Waals surface area contributed by atoms with Crippen LogP contribution in [0.25, 0.3) is 0 Å². The second-order valence-corrected chi connectivity index (χ2v) is 6.27. The summed E-state index contributed by atoms with van der Waals surface area (Å²) in [6.45, 7) is 9.74. The average Bonchev–Trinajstić information content (AvgIpc) is 2.44. The molecule has 3 nitrogen and oxygen atoms in total. The van der Waals surface area contributed by atoms with Crippen LogP contribution < -0.4 is 10.2 Å². The van der Waals surface area contributed by atoms with Crippen molar-refractivity contribution in [2.45, 2.75) is 52.6 Å². The smallest absolute Gasteiger partial charge is 0.129 e. The summed E-state index contributed by atoms with van der Waals surface area (Å²) in [5, 5.41) is 4.17. The van der Waals surface area contributed by atoms with E-state index in [1.165, 1.54) is 12.8 Å². The first-order valence-electron chi connectivity index (χ1n) is 7.75. The molecule has 1 N–H and O–H groups in total. The third kappa shape index (κ3) is 3.64. The van der Waals surface area contributed by atoms with Gasteiger partial charge in [-0.15, -0.1) is 0 Å². The van der Waals surface area contributed by atoms with Gasteiger partial charge in [0.2, 0.25) is 0 Å². The molecule has 0 radical (unpaired) electrons. The summed E-state index contributed by atoms with van der Waals surface area (Å²) in [5.74, 6) is 1.80. The number of piperidine rings is 1. The fourth-order valence-electron chi connectivity index (χ4n) is 2.82. The van der Waals surface area contributed by atoms with E-state index in [2.05, 4.69) is 42.0 Å². The van der Waals surface area contributed by atoms with Gasteiger partial charge in [-0.25, -0.2) is 4.98 Å². The molecular weight excluding hydrogens is 270 g/mol. The van der Waals surface area contributed by atoms with E-state index in [9.17, 15) is 0 Å². The predicted molar refractivity (Wildman–Crippen MR) is 86.5 cm³/mol. The summed E-state index contributed by atoms with van der Waals surface area (Å²) in [6, 6.07) is 2.70. The van der Waals surface area contributed by atoms with Crippen molar-refractivity contribution in [1.29, 1.82) is 0 Å². The van der Waals surface area contributed by atoms with Crippen molar-refractivity contribution in [2.24, 2.45) is 5.92 Å². The first-order chi connectivity index (χ1) is 9.63.